The van der Waals surface area contributed by atoms with Crippen molar-refractivity contribution in [2.24, 2.45) is 0 Å². The van der Waals surface area contributed by atoms with E-state index in [2.05, 4.69) is 20.0 Å². The van der Waals surface area contributed by atoms with Crippen LogP contribution >= 0.6 is 0 Å². The maximum atomic E-state index is 6.09. The number of hydrogen-bond donors (Lipinski definition) is 1. The number of benzene rings is 1. The number of rotatable bonds is 4. The van der Waals surface area contributed by atoms with Gasteiger partial charge in [-0.2, -0.15) is 5.10 Å². The van der Waals surface area contributed by atoms with E-state index in [9.17, 15) is 0 Å². The Hall–Kier alpha value is -2.47. The van der Waals surface area contributed by atoms with Crippen LogP contribution in [-0.4, -0.2) is 37.2 Å². The maximum absolute atomic E-state index is 6.09. The molecule has 0 radical (unpaired) electrons. The SMILES string of the molecule is Nc1nc(CN2CCCC2Cn2cccn2)nc2ccccc12. The third kappa shape index (κ3) is 2.90. The zero-order valence-corrected chi connectivity index (χ0v) is 13.0. The van der Waals surface area contributed by atoms with Crippen LogP contribution < -0.4 is 5.73 Å². The van der Waals surface area contributed by atoms with Gasteiger partial charge in [-0.1, -0.05) is 12.1 Å². The molecule has 118 valence electrons. The van der Waals surface area contributed by atoms with Crippen LogP contribution in [0.1, 0.15) is 18.7 Å². The number of nitrogens with zero attached hydrogens (tertiary/aromatic N) is 5. The predicted octanol–water partition coefficient (Wildman–Crippen LogP) is 2.07. The molecule has 1 fully saturated rings. The maximum Gasteiger partial charge on any atom is 0.145 e. The first-order valence-electron chi connectivity index (χ1n) is 8.02. The van der Waals surface area contributed by atoms with Crippen LogP contribution in [0, 0.1) is 0 Å². The van der Waals surface area contributed by atoms with Gasteiger partial charge >= 0.3 is 0 Å². The molecule has 1 aromatic carbocycles. The molecule has 0 spiro atoms. The molecule has 3 heterocycles. The molecule has 1 atom stereocenters. The molecule has 4 rings (SSSR count). The van der Waals surface area contributed by atoms with Gasteiger partial charge in [-0.05, 0) is 37.6 Å². The lowest BCUT2D eigenvalue weighted by molar-refractivity contribution is 0.214. The minimum absolute atomic E-state index is 0.478. The quantitative estimate of drug-likeness (QED) is 0.799. The second-order valence-corrected chi connectivity index (χ2v) is 6.04. The lowest BCUT2D eigenvalue weighted by atomic mass is 10.2. The van der Waals surface area contributed by atoms with Gasteiger partial charge in [0, 0.05) is 23.8 Å². The van der Waals surface area contributed by atoms with Crippen LogP contribution in [-0.2, 0) is 13.1 Å². The molecule has 1 aliphatic heterocycles. The highest BCUT2D eigenvalue weighted by molar-refractivity contribution is 5.87. The highest BCUT2D eigenvalue weighted by atomic mass is 15.3. The number of likely N-dealkylation sites (tertiary alicyclic amines) is 1. The number of aromatic nitrogens is 4. The average Bonchev–Trinajstić information content (AvgIpc) is 3.21. The first-order valence-corrected chi connectivity index (χ1v) is 8.02. The Labute approximate surface area is 135 Å². The van der Waals surface area contributed by atoms with E-state index in [0.29, 0.717) is 11.9 Å². The van der Waals surface area contributed by atoms with Crippen molar-refractivity contribution in [2.75, 3.05) is 12.3 Å². The summed E-state index contributed by atoms with van der Waals surface area (Å²) in [6.07, 6.45) is 6.23. The van der Waals surface area contributed by atoms with Gasteiger partial charge in [0.25, 0.3) is 0 Å². The zero-order chi connectivity index (χ0) is 15.6. The van der Waals surface area contributed by atoms with Gasteiger partial charge in [-0.25, -0.2) is 9.97 Å². The van der Waals surface area contributed by atoms with Gasteiger partial charge in [-0.3, -0.25) is 9.58 Å². The molecule has 23 heavy (non-hydrogen) atoms. The molecular formula is C17H20N6. The lowest BCUT2D eigenvalue weighted by Crippen LogP contribution is -2.33. The summed E-state index contributed by atoms with van der Waals surface area (Å²) in [5.41, 5.74) is 7.01. The summed E-state index contributed by atoms with van der Waals surface area (Å²) in [4.78, 5) is 11.6. The smallest absolute Gasteiger partial charge is 0.145 e. The van der Waals surface area contributed by atoms with Gasteiger partial charge < -0.3 is 5.73 Å². The zero-order valence-electron chi connectivity index (χ0n) is 13.0. The molecular weight excluding hydrogens is 288 g/mol. The molecule has 6 heteroatoms. The Morgan fingerprint density at radius 3 is 2.96 bits per heavy atom. The summed E-state index contributed by atoms with van der Waals surface area (Å²) in [6.45, 7) is 2.72. The van der Waals surface area contributed by atoms with Crippen LogP contribution in [0.15, 0.2) is 42.7 Å². The van der Waals surface area contributed by atoms with Crippen molar-refractivity contribution < 1.29 is 0 Å². The van der Waals surface area contributed by atoms with Gasteiger partial charge in [0.15, 0.2) is 0 Å². The number of nitrogen functional groups attached to an aromatic ring is 1. The van der Waals surface area contributed by atoms with Crippen molar-refractivity contribution in [3.63, 3.8) is 0 Å². The highest BCUT2D eigenvalue weighted by Crippen LogP contribution is 2.22. The Morgan fingerprint density at radius 1 is 1.17 bits per heavy atom. The summed E-state index contributed by atoms with van der Waals surface area (Å²) in [7, 11) is 0. The Balaban J connectivity index is 1.54. The van der Waals surface area contributed by atoms with E-state index in [-0.39, 0.29) is 0 Å². The number of fused-ring (bicyclic) bond motifs is 1. The first-order chi connectivity index (χ1) is 11.3. The van der Waals surface area contributed by atoms with E-state index in [0.717, 1.165) is 36.4 Å². The second kappa shape index (κ2) is 5.96. The number of nitrogens with two attached hydrogens (primary N) is 1. The summed E-state index contributed by atoms with van der Waals surface area (Å²) < 4.78 is 2.00. The van der Waals surface area contributed by atoms with Gasteiger partial charge in [0.1, 0.15) is 11.6 Å². The van der Waals surface area contributed by atoms with Crippen molar-refractivity contribution in [3.8, 4) is 0 Å². The van der Waals surface area contributed by atoms with Crippen molar-refractivity contribution in [1.82, 2.24) is 24.6 Å². The fraction of sp³-hybridized carbons (Fsp3) is 0.353. The molecule has 0 saturated carbocycles. The largest absolute Gasteiger partial charge is 0.383 e. The lowest BCUT2D eigenvalue weighted by Gasteiger charge is -2.23. The Kier molecular flexibility index (Phi) is 3.67. The molecule has 1 aliphatic rings. The third-order valence-corrected chi connectivity index (χ3v) is 4.48. The van der Waals surface area contributed by atoms with Crippen LogP contribution in [0.25, 0.3) is 10.9 Å². The van der Waals surface area contributed by atoms with Crippen molar-refractivity contribution in [3.05, 3.63) is 48.5 Å². The van der Waals surface area contributed by atoms with Crippen molar-refractivity contribution in [2.45, 2.75) is 32.0 Å². The standard InChI is InChI=1S/C17H20N6/c18-17-14-6-1-2-7-15(14)20-16(21-17)12-22-9-3-5-13(22)11-23-10-4-8-19-23/h1-2,4,6-8,10,13H,3,5,9,11-12H2,(H2,18,20,21). The minimum Gasteiger partial charge on any atom is -0.383 e. The molecule has 0 amide bonds. The molecule has 0 bridgehead atoms. The van der Waals surface area contributed by atoms with Gasteiger partial charge in [0.05, 0.1) is 18.6 Å². The van der Waals surface area contributed by atoms with E-state index in [4.69, 9.17) is 5.73 Å². The molecule has 1 unspecified atom stereocenters. The highest BCUT2D eigenvalue weighted by Gasteiger charge is 2.26. The van der Waals surface area contributed by atoms with E-state index >= 15 is 0 Å². The van der Waals surface area contributed by atoms with Crippen molar-refractivity contribution in [1.29, 1.82) is 0 Å². The van der Waals surface area contributed by atoms with E-state index in [1.807, 2.05) is 47.4 Å². The van der Waals surface area contributed by atoms with E-state index in [1.165, 1.54) is 12.8 Å². The fourth-order valence-electron chi connectivity index (χ4n) is 3.34. The number of para-hydroxylation sites is 1. The summed E-state index contributed by atoms with van der Waals surface area (Å²) in [6, 6.07) is 10.3. The molecule has 3 aromatic rings. The minimum atomic E-state index is 0.478. The Morgan fingerprint density at radius 2 is 2.09 bits per heavy atom. The molecule has 2 N–H and O–H groups in total. The summed E-state index contributed by atoms with van der Waals surface area (Å²) in [5, 5.41) is 5.24. The third-order valence-electron chi connectivity index (χ3n) is 4.48. The number of hydrogen-bond acceptors (Lipinski definition) is 5. The van der Waals surface area contributed by atoms with E-state index < -0.39 is 0 Å². The topological polar surface area (TPSA) is 72.9 Å². The van der Waals surface area contributed by atoms with Crippen molar-refractivity contribution >= 4 is 16.7 Å². The predicted molar refractivity (Wildman–Crippen MR) is 89.6 cm³/mol. The fourth-order valence-corrected chi connectivity index (χ4v) is 3.34. The normalized spacial score (nSPS) is 18.7. The van der Waals surface area contributed by atoms with Crippen LogP contribution in [0.4, 0.5) is 5.82 Å². The summed E-state index contributed by atoms with van der Waals surface area (Å²) in [5.74, 6) is 1.36. The van der Waals surface area contributed by atoms with E-state index in [1.54, 1.807) is 0 Å². The monoisotopic (exact) mass is 308 g/mol. The number of anilines is 1. The molecule has 0 aliphatic carbocycles. The molecule has 1 saturated heterocycles. The van der Waals surface area contributed by atoms with Crippen LogP contribution in [0.2, 0.25) is 0 Å². The second-order valence-electron chi connectivity index (χ2n) is 6.04. The van der Waals surface area contributed by atoms with Crippen LogP contribution in [0.3, 0.4) is 0 Å². The van der Waals surface area contributed by atoms with Gasteiger partial charge in [0.2, 0.25) is 0 Å². The molecule has 2 aromatic heterocycles. The molecule has 6 nitrogen and oxygen atoms in total. The van der Waals surface area contributed by atoms with Crippen LogP contribution in [0.5, 0.6) is 0 Å². The summed E-state index contributed by atoms with van der Waals surface area (Å²) >= 11 is 0. The Bertz CT molecular complexity index is 798. The van der Waals surface area contributed by atoms with Gasteiger partial charge in [-0.15, -0.1) is 0 Å². The first kappa shape index (κ1) is 14.1. The average molecular weight is 308 g/mol.